The van der Waals surface area contributed by atoms with E-state index in [-0.39, 0.29) is 47.2 Å². The molecule has 3 saturated carbocycles. The van der Waals surface area contributed by atoms with Gasteiger partial charge in [0, 0.05) is 30.0 Å². The van der Waals surface area contributed by atoms with Crippen molar-refractivity contribution in [3.63, 3.8) is 0 Å². The van der Waals surface area contributed by atoms with Crippen LogP contribution in [0.2, 0.25) is 0 Å². The molecule has 0 bridgehead atoms. The first-order valence-electron chi connectivity index (χ1n) is 18.5. The smallest absolute Gasteiger partial charge is 0.165 e. The van der Waals surface area contributed by atoms with Gasteiger partial charge in [-0.15, -0.1) is 0 Å². The lowest BCUT2D eigenvalue weighted by Gasteiger charge is -2.60. The van der Waals surface area contributed by atoms with E-state index in [0.29, 0.717) is 19.3 Å². The first-order valence-corrected chi connectivity index (χ1v) is 18.5. The molecule has 6 rings (SSSR count). The molecular weight excluding hydrogens is 599 g/mol. The van der Waals surface area contributed by atoms with E-state index in [4.69, 9.17) is 4.99 Å². The Balaban J connectivity index is 1.18. The number of aliphatic hydroxyl groups excluding tert-OH is 1. The normalized spacial score (nSPS) is 38.0. The maximum absolute atomic E-state index is 13.9. The quantitative estimate of drug-likeness (QED) is 0.261. The van der Waals surface area contributed by atoms with Gasteiger partial charge in [0.1, 0.15) is 11.4 Å². The molecule has 4 aliphatic carbocycles. The molecule has 5 aliphatic rings. The van der Waals surface area contributed by atoms with Crippen LogP contribution in [-0.4, -0.2) is 46.2 Å². The third kappa shape index (κ3) is 6.52. The SMILES string of the molecule is CCC(Cc1ccc(F)cc1)N=CC1=C(C)C=C2CCC3C(C(O)CC4(C)C3CCC4(O)C(=O)CCC3=C/CCC\C=C/C=N/3)C2(C)C1. The third-order valence-electron chi connectivity index (χ3n) is 13.1. The van der Waals surface area contributed by atoms with E-state index < -0.39 is 17.1 Å². The number of hydrogen-bond donors (Lipinski definition) is 2. The number of ketones is 1. The summed E-state index contributed by atoms with van der Waals surface area (Å²) in [6.07, 6.45) is 21.9. The summed E-state index contributed by atoms with van der Waals surface area (Å²) in [7, 11) is 0. The van der Waals surface area contributed by atoms with Crippen molar-refractivity contribution in [3.05, 3.63) is 82.4 Å². The molecule has 6 heteroatoms. The summed E-state index contributed by atoms with van der Waals surface area (Å²) in [4.78, 5) is 23.6. The average Bonchev–Trinajstić information content (AvgIpc) is 3.41. The number of Topliss-reactive ketones (excluding diaryl/α,β-unsaturated/α-hetero) is 1. The van der Waals surface area contributed by atoms with Crippen molar-refractivity contribution in [3.8, 4) is 0 Å². The zero-order valence-electron chi connectivity index (χ0n) is 29.4. The standard InChI is InChI=1S/C42H55FN2O3/c1-5-33(24-29-12-15-32(43)16-13-29)45-27-30-25-40(3)31(23-28(30)2)14-18-35-36-20-21-42(48,41(36,4)26-37(46)39(35)40)38(47)19-17-34-11-9-7-6-8-10-22-44-34/h8,10-13,15-16,22-23,27,33,35-37,39,46,48H,5-7,9,14,17-21,24-26H2,1-4H3/b10-8-,34-11+,44-22+,45-27?. The molecule has 1 aliphatic heterocycles. The van der Waals surface area contributed by atoms with Gasteiger partial charge in [-0.05, 0) is 142 Å². The maximum atomic E-state index is 13.9. The molecule has 1 aromatic carbocycles. The van der Waals surface area contributed by atoms with Crippen LogP contribution in [0.3, 0.4) is 0 Å². The van der Waals surface area contributed by atoms with Crippen molar-refractivity contribution in [2.75, 3.05) is 0 Å². The second kappa shape index (κ2) is 14.1. The first kappa shape index (κ1) is 34.9. The van der Waals surface area contributed by atoms with Gasteiger partial charge < -0.3 is 10.2 Å². The average molecular weight is 655 g/mol. The number of carbonyl (C=O) groups excluding carboxylic acids is 1. The number of allylic oxidation sites excluding steroid dienone is 8. The number of rotatable bonds is 9. The van der Waals surface area contributed by atoms with Gasteiger partial charge in [0.2, 0.25) is 0 Å². The Hall–Kier alpha value is -2.96. The van der Waals surface area contributed by atoms with Gasteiger partial charge in [-0.1, -0.05) is 56.7 Å². The highest BCUT2D eigenvalue weighted by Gasteiger charge is 2.68. The molecule has 48 heavy (non-hydrogen) atoms. The summed E-state index contributed by atoms with van der Waals surface area (Å²) in [5, 5.41) is 24.3. The van der Waals surface area contributed by atoms with Crippen LogP contribution in [-0.2, 0) is 11.2 Å². The summed E-state index contributed by atoms with van der Waals surface area (Å²) in [6.45, 7) is 8.75. The predicted octanol–water partition coefficient (Wildman–Crippen LogP) is 8.85. The molecule has 8 atom stereocenters. The summed E-state index contributed by atoms with van der Waals surface area (Å²) < 4.78 is 13.5. The van der Waals surface area contributed by atoms with Gasteiger partial charge >= 0.3 is 0 Å². The molecule has 1 heterocycles. The van der Waals surface area contributed by atoms with E-state index in [1.165, 1.54) is 28.9 Å². The summed E-state index contributed by atoms with van der Waals surface area (Å²) in [6, 6.07) is 6.82. The molecule has 8 unspecified atom stereocenters. The minimum Gasteiger partial charge on any atom is -0.393 e. The van der Waals surface area contributed by atoms with E-state index in [9.17, 15) is 19.4 Å². The molecule has 258 valence electrons. The Morgan fingerprint density at radius 1 is 1.19 bits per heavy atom. The van der Waals surface area contributed by atoms with E-state index >= 15 is 0 Å². The van der Waals surface area contributed by atoms with E-state index in [1.54, 1.807) is 0 Å². The second-order valence-electron chi connectivity index (χ2n) is 15.8. The minimum atomic E-state index is -1.43. The highest BCUT2D eigenvalue weighted by molar-refractivity contribution is 5.89. The Morgan fingerprint density at radius 2 is 1.98 bits per heavy atom. The zero-order valence-corrected chi connectivity index (χ0v) is 29.4. The predicted molar refractivity (Wildman–Crippen MR) is 193 cm³/mol. The summed E-state index contributed by atoms with van der Waals surface area (Å²) in [5.74, 6) is 0.190. The number of fused-ring (bicyclic) bond motifs is 5. The number of carbonyl (C=O) groups is 1. The van der Waals surface area contributed by atoms with Crippen LogP contribution < -0.4 is 0 Å². The highest BCUT2D eigenvalue weighted by atomic mass is 19.1. The van der Waals surface area contributed by atoms with Crippen LogP contribution in [0.15, 0.2) is 81.0 Å². The van der Waals surface area contributed by atoms with Gasteiger partial charge in [0.25, 0.3) is 0 Å². The zero-order chi connectivity index (χ0) is 34.1. The van der Waals surface area contributed by atoms with Crippen LogP contribution in [0, 0.1) is 34.4 Å². The minimum absolute atomic E-state index is 0.0668. The summed E-state index contributed by atoms with van der Waals surface area (Å²) in [5.41, 5.74) is 3.60. The number of aliphatic hydroxyl groups is 2. The van der Waals surface area contributed by atoms with Gasteiger partial charge in [-0.25, -0.2) is 4.39 Å². The number of halogens is 1. The molecule has 2 N–H and O–H groups in total. The van der Waals surface area contributed by atoms with Crippen molar-refractivity contribution in [2.45, 2.75) is 129 Å². The lowest BCUT2D eigenvalue weighted by Crippen LogP contribution is -2.61. The molecule has 5 nitrogen and oxygen atoms in total. The van der Waals surface area contributed by atoms with Crippen LogP contribution in [0.4, 0.5) is 4.39 Å². The van der Waals surface area contributed by atoms with Crippen molar-refractivity contribution in [1.82, 2.24) is 0 Å². The molecule has 0 radical (unpaired) electrons. The molecular formula is C42H55FN2O3. The van der Waals surface area contributed by atoms with E-state index in [2.05, 4.69) is 57.1 Å². The van der Waals surface area contributed by atoms with Crippen LogP contribution in [0.5, 0.6) is 0 Å². The monoisotopic (exact) mass is 654 g/mol. The molecule has 0 saturated heterocycles. The maximum Gasteiger partial charge on any atom is 0.165 e. The first-order chi connectivity index (χ1) is 23.0. The molecule has 1 aromatic rings. The number of hydrogen-bond acceptors (Lipinski definition) is 5. The lowest BCUT2D eigenvalue weighted by atomic mass is 9.45. The number of benzene rings is 1. The fourth-order valence-electron chi connectivity index (χ4n) is 10.3. The van der Waals surface area contributed by atoms with Crippen LogP contribution in [0.1, 0.15) is 110 Å². The lowest BCUT2D eigenvalue weighted by molar-refractivity contribution is -0.179. The highest BCUT2D eigenvalue weighted by Crippen LogP contribution is 2.68. The van der Waals surface area contributed by atoms with Gasteiger partial charge in [0.15, 0.2) is 5.78 Å². The Labute approximate surface area is 286 Å². The van der Waals surface area contributed by atoms with Gasteiger partial charge in [0.05, 0.1) is 12.1 Å². The largest absolute Gasteiger partial charge is 0.393 e. The third-order valence-corrected chi connectivity index (χ3v) is 13.1. The Bertz CT molecular complexity index is 1550. The van der Waals surface area contributed by atoms with Gasteiger partial charge in [-0.3, -0.25) is 14.8 Å². The summed E-state index contributed by atoms with van der Waals surface area (Å²) >= 11 is 0. The topological polar surface area (TPSA) is 82.3 Å². The Morgan fingerprint density at radius 3 is 2.75 bits per heavy atom. The molecule has 0 amide bonds. The molecule has 3 fully saturated rings. The van der Waals surface area contributed by atoms with E-state index in [1.807, 2.05) is 24.4 Å². The second-order valence-corrected chi connectivity index (χ2v) is 15.8. The van der Waals surface area contributed by atoms with E-state index in [0.717, 1.165) is 69.0 Å². The fourth-order valence-corrected chi connectivity index (χ4v) is 10.3. The molecule has 0 spiro atoms. The van der Waals surface area contributed by atoms with Crippen molar-refractivity contribution >= 4 is 18.2 Å². The number of aliphatic imine (C=N–C) groups is 2. The van der Waals surface area contributed by atoms with Crippen LogP contribution >= 0.6 is 0 Å². The molecule has 0 aromatic heterocycles. The fraction of sp³-hybridized carbons (Fsp3) is 0.595. The number of nitrogens with zero attached hydrogens (tertiary/aromatic N) is 2. The van der Waals surface area contributed by atoms with Crippen molar-refractivity contribution in [1.29, 1.82) is 0 Å². The van der Waals surface area contributed by atoms with Crippen molar-refractivity contribution < 1.29 is 19.4 Å². The van der Waals surface area contributed by atoms with Gasteiger partial charge in [-0.2, -0.15) is 0 Å². The van der Waals surface area contributed by atoms with Crippen molar-refractivity contribution in [2.24, 2.45) is 38.6 Å². The van der Waals surface area contributed by atoms with Crippen LogP contribution in [0.25, 0.3) is 0 Å². The Kier molecular flexibility index (Phi) is 10.3.